The zero-order valence-electron chi connectivity index (χ0n) is 11.5. The van der Waals surface area contributed by atoms with Crippen LogP contribution in [0.1, 0.15) is 25.0 Å². The van der Waals surface area contributed by atoms with Gasteiger partial charge in [0.1, 0.15) is 6.04 Å². The lowest BCUT2D eigenvalue weighted by molar-refractivity contribution is -0.119. The van der Waals surface area contributed by atoms with Gasteiger partial charge in [0.2, 0.25) is 5.91 Å². The van der Waals surface area contributed by atoms with Crippen molar-refractivity contribution in [2.45, 2.75) is 31.8 Å². The van der Waals surface area contributed by atoms with Gasteiger partial charge >= 0.3 is 0 Å². The molecule has 0 aliphatic carbocycles. The second kappa shape index (κ2) is 5.41. The summed E-state index contributed by atoms with van der Waals surface area (Å²) < 4.78 is 2.09. The van der Waals surface area contributed by atoms with Crippen LogP contribution in [0.4, 0.5) is 5.82 Å². The maximum Gasteiger partial charge on any atom is 0.240 e. The van der Waals surface area contributed by atoms with E-state index in [9.17, 15) is 4.79 Å². The molecule has 1 aliphatic heterocycles. The third-order valence-electron chi connectivity index (χ3n) is 3.79. The normalized spacial score (nSPS) is 19.6. The Labute approximate surface area is 121 Å². The predicted octanol–water partition coefficient (Wildman–Crippen LogP) is 0.959. The van der Waals surface area contributed by atoms with E-state index in [-0.39, 0.29) is 11.9 Å². The Kier molecular flexibility index (Phi) is 3.62. The number of carbonyl (C=O) groups excluding carboxylic acids is 1. The Bertz CT molecular complexity index is 619. The summed E-state index contributed by atoms with van der Waals surface area (Å²) >= 11 is 1.60. The summed E-state index contributed by atoms with van der Waals surface area (Å²) in [4.78, 5) is 19.4. The van der Waals surface area contributed by atoms with Gasteiger partial charge < -0.3 is 16.0 Å². The monoisotopic (exact) mass is 293 g/mol. The quantitative estimate of drug-likeness (QED) is 0.880. The number of thiazole rings is 1. The summed E-state index contributed by atoms with van der Waals surface area (Å²) in [7, 11) is 1.91. The van der Waals surface area contributed by atoms with Gasteiger partial charge in [-0.05, 0) is 26.3 Å². The standard InChI is InChI=1S/C13H19N5OS/c1-15-8-10-12(16-13-18(10)6-7-20-13)17-5-3-2-4-9(17)11(14)19/h6-7,9,15H,2-5,8H2,1H3,(H2,14,19). The van der Waals surface area contributed by atoms with Gasteiger partial charge in [-0.15, -0.1) is 11.3 Å². The van der Waals surface area contributed by atoms with Crippen LogP contribution in [0.25, 0.3) is 4.96 Å². The molecule has 0 spiro atoms. The molecule has 0 radical (unpaired) electrons. The number of amides is 1. The van der Waals surface area contributed by atoms with Crippen molar-refractivity contribution < 1.29 is 4.79 Å². The molecule has 1 unspecified atom stereocenters. The maximum absolute atomic E-state index is 11.7. The van der Waals surface area contributed by atoms with Gasteiger partial charge in [0.05, 0.1) is 5.69 Å². The number of hydrogen-bond donors (Lipinski definition) is 2. The Balaban J connectivity index is 2.04. The van der Waals surface area contributed by atoms with Crippen LogP contribution in [0.3, 0.4) is 0 Å². The third kappa shape index (κ3) is 2.16. The first kappa shape index (κ1) is 13.4. The van der Waals surface area contributed by atoms with Crippen molar-refractivity contribution in [3.8, 4) is 0 Å². The molecular formula is C13H19N5OS. The van der Waals surface area contributed by atoms with Crippen molar-refractivity contribution in [2.24, 2.45) is 5.73 Å². The van der Waals surface area contributed by atoms with Crippen LogP contribution in [0.15, 0.2) is 11.6 Å². The number of piperidine rings is 1. The average Bonchev–Trinajstić information content (AvgIpc) is 3.01. The summed E-state index contributed by atoms with van der Waals surface area (Å²) in [6, 6.07) is -0.232. The summed E-state index contributed by atoms with van der Waals surface area (Å²) in [5, 5.41) is 5.20. The topological polar surface area (TPSA) is 75.7 Å². The number of imidazole rings is 1. The number of nitrogens with two attached hydrogens (primary N) is 1. The molecule has 2 aromatic heterocycles. The zero-order valence-corrected chi connectivity index (χ0v) is 12.3. The molecule has 2 aromatic rings. The minimum absolute atomic E-state index is 0.232. The SMILES string of the molecule is CNCc1c(N2CCCCC2C(N)=O)nc2sccn12. The fraction of sp³-hybridized carbons (Fsp3) is 0.538. The summed E-state index contributed by atoms with van der Waals surface area (Å²) in [5.41, 5.74) is 6.65. The molecule has 0 aromatic carbocycles. The second-order valence-electron chi connectivity index (χ2n) is 5.08. The number of anilines is 1. The van der Waals surface area contributed by atoms with Crippen LogP contribution in [0, 0.1) is 0 Å². The minimum atomic E-state index is -0.253. The number of hydrogen-bond acceptors (Lipinski definition) is 5. The molecule has 3 N–H and O–H groups in total. The zero-order chi connectivity index (χ0) is 14.1. The van der Waals surface area contributed by atoms with Crippen molar-refractivity contribution in [2.75, 3.05) is 18.5 Å². The first-order valence-electron chi connectivity index (χ1n) is 6.87. The lowest BCUT2D eigenvalue weighted by Crippen LogP contribution is -2.48. The van der Waals surface area contributed by atoms with Crippen LogP contribution < -0.4 is 16.0 Å². The van der Waals surface area contributed by atoms with Gasteiger partial charge in [-0.1, -0.05) is 0 Å². The number of aromatic nitrogens is 2. The van der Waals surface area contributed by atoms with E-state index in [4.69, 9.17) is 10.7 Å². The van der Waals surface area contributed by atoms with Gasteiger partial charge in [0, 0.05) is 24.7 Å². The number of carbonyl (C=O) groups is 1. The van der Waals surface area contributed by atoms with Crippen LogP contribution >= 0.6 is 11.3 Å². The van der Waals surface area contributed by atoms with Crippen LogP contribution in [-0.2, 0) is 11.3 Å². The van der Waals surface area contributed by atoms with E-state index in [0.29, 0.717) is 0 Å². The van der Waals surface area contributed by atoms with Crippen LogP contribution in [0.2, 0.25) is 0 Å². The highest BCUT2D eigenvalue weighted by Crippen LogP contribution is 2.29. The molecule has 1 aliphatic rings. The average molecular weight is 293 g/mol. The fourth-order valence-electron chi connectivity index (χ4n) is 2.86. The highest BCUT2D eigenvalue weighted by atomic mass is 32.1. The first-order valence-corrected chi connectivity index (χ1v) is 7.75. The molecule has 1 atom stereocenters. The van der Waals surface area contributed by atoms with E-state index in [2.05, 4.69) is 14.6 Å². The maximum atomic E-state index is 11.7. The molecule has 3 heterocycles. The minimum Gasteiger partial charge on any atom is -0.368 e. The van der Waals surface area contributed by atoms with Gasteiger partial charge in [-0.25, -0.2) is 4.98 Å². The van der Waals surface area contributed by atoms with Crippen molar-refractivity contribution in [1.82, 2.24) is 14.7 Å². The number of rotatable bonds is 4. The van der Waals surface area contributed by atoms with Gasteiger partial charge in [0.25, 0.3) is 0 Å². The Hall–Kier alpha value is -1.60. The van der Waals surface area contributed by atoms with E-state index in [1.165, 1.54) is 0 Å². The second-order valence-corrected chi connectivity index (χ2v) is 5.95. The van der Waals surface area contributed by atoms with Crippen molar-refractivity contribution in [3.05, 3.63) is 17.3 Å². The lowest BCUT2D eigenvalue weighted by atomic mass is 10.0. The Morgan fingerprint density at radius 2 is 2.45 bits per heavy atom. The molecule has 7 heteroatoms. The van der Waals surface area contributed by atoms with E-state index in [1.54, 1.807) is 11.3 Å². The van der Waals surface area contributed by atoms with Crippen molar-refractivity contribution in [3.63, 3.8) is 0 Å². The first-order chi connectivity index (χ1) is 9.72. The smallest absolute Gasteiger partial charge is 0.240 e. The Morgan fingerprint density at radius 1 is 1.60 bits per heavy atom. The molecule has 108 valence electrons. The molecule has 20 heavy (non-hydrogen) atoms. The molecule has 6 nitrogen and oxygen atoms in total. The summed E-state index contributed by atoms with van der Waals surface area (Å²) in [6.07, 6.45) is 4.97. The third-order valence-corrected chi connectivity index (χ3v) is 4.54. The lowest BCUT2D eigenvalue weighted by Gasteiger charge is -2.34. The van der Waals surface area contributed by atoms with E-state index < -0.39 is 0 Å². The summed E-state index contributed by atoms with van der Waals surface area (Å²) in [5.74, 6) is 0.645. The molecule has 1 fully saturated rings. The van der Waals surface area contributed by atoms with Crippen LogP contribution in [0.5, 0.6) is 0 Å². The summed E-state index contributed by atoms with van der Waals surface area (Å²) in [6.45, 7) is 1.56. The molecular weight excluding hydrogens is 274 g/mol. The number of nitrogens with zero attached hydrogens (tertiary/aromatic N) is 3. The van der Waals surface area contributed by atoms with Crippen LogP contribution in [-0.4, -0.2) is 34.9 Å². The molecule has 0 saturated carbocycles. The van der Waals surface area contributed by atoms with E-state index in [1.807, 2.05) is 18.6 Å². The number of nitrogens with one attached hydrogen (secondary N) is 1. The van der Waals surface area contributed by atoms with Crippen molar-refractivity contribution >= 4 is 28.0 Å². The fourth-order valence-corrected chi connectivity index (χ4v) is 3.59. The number of fused-ring (bicyclic) bond motifs is 1. The van der Waals surface area contributed by atoms with Gasteiger partial charge in [-0.3, -0.25) is 9.20 Å². The van der Waals surface area contributed by atoms with E-state index in [0.717, 1.165) is 48.8 Å². The largest absolute Gasteiger partial charge is 0.368 e. The molecule has 0 bridgehead atoms. The number of primary amides is 1. The predicted molar refractivity (Wildman–Crippen MR) is 80.0 cm³/mol. The highest BCUT2D eigenvalue weighted by Gasteiger charge is 2.30. The van der Waals surface area contributed by atoms with Gasteiger partial charge in [0.15, 0.2) is 10.8 Å². The van der Waals surface area contributed by atoms with Gasteiger partial charge in [-0.2, -0.15) is 0 Å². The molecule has 3 rings (SSSR count). The van der Waals surface area contributed by atoms with Crippen molar-refractivity contribution in [1.29, 1.82) is 0 Å². The molecule has 1 amide bonds. The molecule has 1 saturated heterocycles. The van der Waals surface area contributed by atoms with E-state index >= 15 is 0 Å². The Morgan fingerprint density at radius 3 is 3.20 bits per heavy atom. The highest BCUT2D eigenvalue weighted by molar-refractivity contribution is 7.15.